The average Bonchev–Trinajstić information content (AvgIpc) is 2.67. The molecule has 0 radical (unpaired) electrons. The first-order valence-corrected chi connectivity index (χ1v) is 9.21. The maximum Gasteiger partial charge on any atom is 0.254 e. The summed E-state index contributed by atoms with van der Waals surface area (Å²) in [6, 6.07) is 6.40. The standard InChI is InChI=1S/C20H23FN4O2/c1-24-10-6-15(12-27-18-17(21)3-2-7-23-18)11-20(24)13-25(14-20)19(26)16-4-8-22-9-5-16/h2-5,7-9,15H,6,10-14H2,1H3/t15-/m1/s1. The molecule has 0 aliphatic carbocycles. The van der Waals surface area contributed by atoms with E-state index >= 15 is 0 Å². The van der Waals surface area contributed by atoms with E-state index < -0.39 is 5.82 Å². The molecule has 1 atom stereocenters. The van der Waals surface area contributed by atoms with Gasteiger partial charge in [-0.2, -0.15) is 0 Å². The second-order valence-corrected chi connectivity index (χ2v) is 7.50. The van der Waals surface area contributed by atoms with Crippen molar-refractivity contribution in [1.29, 1.82) is 0 Å². The SMILES string of the molecule is CN1CC[C@@H](COc2ncccc2F)CC12CN(C(=O)c1ccncc1)C2. The molecule has 2 fully saturated rings. The molecule has 0 aromatic carbocycles. The summed E-state index contributed by atoms with van der Waals surface area (Å²) < 4.78 is 19.3. The number of carbonyl (C=O) groups excluding carboxylic acids is 1. The molecular weight excluding hydrogens is 347 g/mol. The first kappa shape index (κ1) is 17.9. The van der Waals surface area contributed by atoms with E-state index in [1.165, 1.54) is 12.3 Å². The molecule has 0 unspecified atom stereocenters. The van der Waals surface area contributed by atoms with Gasteiger partial charge in [-0.05, 0) is 56.6 Å². The number of carbonyl (C=O) groups is 1. The van der Waals surface area contributed by atoms with E-state index in [1.807, 2.05) is 4.90 Å². The Morgan fingerprint density at radius 3 is 2.81 bits per heavy atom. The number of aromatic nitrogens is 2. The van der Waals surface area contributed by atoms with Crippen molar-refractivity contribution in [2.45, 2.75) is 18.4 Å². The van der Waals surface area contributed by atoms with Crippen molar-refractivity contribution in [1.82, 2.24) is 19.8 Å². The van der Waals surface area contributed by atoms with Gasteiger partial charge in [-0.15, -0.1) is 0 Å². The van der Waals surface area contributed by atoms with Crippen LogP contribution in [0.1, 0.15) is 23.2 Å². The maximum absolute atomic E-state index is 13.7. The third-order valence-corrected chi connectivity index (χ3v) is 5.72. The Morgan fingerprint density at radius 2 is 2.07 bits per heavy atom. The van der Waals surface area contributed by atoms with Crippen LogP contribution in [0.2, 0.25) is 0 Å². The van der Waals surface area contributed by atoms with Crippen LogP contribution in [-0.2, 0) is 0 Å². The molecule has 0 bridgehead atoms. The first-order chi connectivity index (χ1) is 13.1. The van der Waals surface area contributed by atoms with Gasteiger partial charge in [0.2, 0.25) is 5.88 Å². The van der Waals surface area contributed by atoms with Gasteiger partial charge in [-0.25, -0.2) is 9.37 Å². The van der Waals surface area contributed by atoms with Gasteiger partial charge in [0.25, 0.3) is 5.91 Å². The molecule has 142 valence electrons. The lowest BCUT2D eigenvalue weighted by molar-refractivity contribution is -0.0696. The summed E-state index contributed by atoms with van der Waals surface area (Å²) in [6.45, 7) is 2.80. The Morgan fingerprint density at radius 1 is 1.30 bits per heavy atom. The van der Waals surface area contributed by atoms with E-state index in [-0.39, 0.29) is 17.3 Å². The summed E-state index contributed by atoms with van der Waals surface area (Å²) in [4.78, 5) is 24.7. The fraction of sp³-hybridized carbons (Fsp3) is 0.450. The number of nitrogens with zero attached hydrogens (tertiary/aromatic N) is 4. The Hall–Kier alpha value is -2.54. The van der Waals surface area contributed by atoms with Crippen molar-refractivity contribution in [2.24, 2.45) is 5.92 Å². The van der Waals surface area contributed by atoms with Gasteiger partial charge >= 0.3 is 0 Å². The quantitative estimate of drug-likeness (QED) is 0.826. The van der Waals surface area contributed by atoms with E-state index in [9.17, 15) is 9.18 Å². The Balaban J connectivity index is 1.36. The monoisotopic (exact) mass is 370 g/mol. The molecule has 7 heteroatoms. The molecule has 1 amide bonds. The van der Waals surface area contributed by atoms with Gasteiger partial charge in [0.1, 0.15) is 0 Å². The van der Waals surface area contributed by atoms with Crippen LogP contribution in [0.3, 0.4) is 0 Å². The first-order valence-electron chi connectivity index (χ1n) is 9.21. The summed E-state index contributed by atoms with van der Waals surface area (Å²) in [6.07, 6.45) is 6.73. The molecule has 0 saturated carbocycles. The number of likely N-dealkylation sites (N-methyl/N-ethyl adjacent to an activating group) is 1. The highest BCUT2D eigenvalue weighted by Gasteiger charge is 2.51. The lowest BCUT2D eigenvalue weighted by Crippen LogP contribution is -2.72. The van der Waals surface area contributed by atoms with Crippen molar-refractivity contribution in [2.75, 3.05) is 33.3 Å². The fourth-order valence-corrected chi connectivity index (χ4v) is 4.08. The van der Waals surface area contributed by atoms with Crippen molar-refractivity contribution in [3.63, 3.8) is 0 Å². The van der Waals surface area contributed by atoms with Gasteiger partial charge in [0.05, 0.1) is 12.1 Å². The molecule has 2 aromatic rings. The topological polar surface area (TPSA) is 58.6 Å². The minimum atomic E-state index is -0.432. The molecular formula is C20H23FN4O2. The molecule has 2 aliphatic heterocycles. The second-order valence-electron chi connectivity index (χ2n) is 7.50. The molecule has 6 nitrogen and oxygen atoms in total. The third kappa shape index (κ3) is 3.51. The zero-order valence-electron chi connectivity index (χ0n) is 15.3. The van der Waals surface area contributed by atoms with Gasteiger partial charge in [-0.1, -0.05) is 0 Å². The van der Waals surface area contributed by atoms with Gasteiger partial charge in [-0.3, -0.25) is 14.7 Å². The number of hydrogen-bond acceptors (Lipinski definition) is 5. The van der Waals surface area contributed by atoms with Crippen LogP contribution in [-0.4, -0.2) is 64.5 Å². The van der Waals surface area contributed by atoms with Crippen LogP contribution in [0.15, 0.2) is 42.9 Å². The van der Waals surface area contributed by atoms with Gasteiger partial charge in [0.15, 0.2) is 5.82 Å². The third-order valence-electron chi connectivity index (χ3n) is 5.72. The predicted molar refractivity (Wildman–Crippen MR) is 97.9 cm³/mol. The zero-order chi connectivity index (χ0) is 18.9. The minimum absolute atomic E-state index is 0.0162. The van der Waals surface area contributed by atoms with Crippen LogP contribution >= 0.6 is 0 Å². The number of halogens is 1. The smallest absolute Gasteiger partial charge is 0.254 e. The van der Waals surface area contributed by atoms with Crippen molar-refractivity contribution < 1.29 is 13.9 Å². The number of hydrogen-bond donors (Lipinski definition) is 0. The van der Waals surface area contributed by atoms with Crippen molar-refractivity contribution >= 4 is 5.91 Å². The predicted octanol–water partition coefficient (Wildman–Crippen LogP) is 2.23. The maximum atomic E-state index is 13.7. The molecule has 0 N–H and O–H groups in total. The summed E-state index contributed by atoms with van der Waals surface area (Å²) >= 11 is 0. The number of rotatable bonds is 4. The number of amides is 1. The van der Waals surface area contributed by atoms with Crippen LogP contribution in [0.4, 0.5) is 4.39 Å². The molecule has 2 saturated heterocycles. The molecule has 2 aromatic heterocycles. The molecule has 1 spiro atoms. The van der Waals surface area contributed by atoms with Gasteiger partial charge in [0, 0.05) is 37.2 Å². The Bertz CT molecular complexity index is 811. The van der Waals surface area contributed by atoms with E-state index in [0.29, 0.717) is 31.2 Å². The Kier molecular flexibility index (Phi) is 4.78. The highest BCUT2D eigenvalue weighted by Crippen LogP contribution is 2.39. The summed E-state index contributed by atoms with van der Waals surface area (Å²) in [5.41, 5.74) is 0.654. The molecule has 27 heavy (non-hydrogen) atoms. The second kappa shape index (κ2) is 7.23. The summed E-state index contributed by atoms with van der Waals surface area (Å²) in [5.74, 6) is -0.00220. The lowest BCUT2D eigenvalue weighted by atomic mass is 9.75. The Labute approximate surface area is 158 Å². The normalized spacial score (nSPS) is 21.7. The van der Waals surface area contributed by atoms with E-state index in [4.69, 9.17) is 4.74 Å². The van der Waals surface area contributed by atoms with Crippen molar-refractivity contribution in [3.8, 4) is 5.88 Å². The van der Waals surface area contributed by atoms with Crippen molar-refractivity contribution in [3.05, 3.63) is 54.2 Å². The highest BCUT2D eigenvalue weighted by molar-refractivity contribution is 5.94. The van der Waals surface area contributed by atoms with Crippen LogP contribution < -0.4 is 4.74 Å². The number of pyridine rings is 2. The van der Waals surface area contributed by atoms with Crippen LogP contribution in [0.25, 0.3) is 0 Å². The summed E-state index contributed by atoms with van der Waals surface area (Å²) in [7, 11) is 2.11. The number of likely N-dealkylation sites (tertiary alicyclic amines) is 2. The van der Waals surface area contributed by atoms with E-state index in [0.717, 1.165) is 19.4 Å². The molecule has 4 heterocycles. The summed E-state index contributed by atoms with van der Waals surface area (Å²) in [5, 5.41) is 0. The molecule has 2 aliphatic rings. The highest BCUT2D eigenvalue weighted by atomic mass is 19.1. The zero-order valence-corrected chi connectivity index (χ0v) is 15.3. The lowest BCUT2D eigenvalue weighted by Gasteiger charge is -2.58. The number of ether oxygens (including phenoxy) is 1. The fourth-order valence-electron chi connectivity index (χ4n) is 4.08. The number of piperidine rings is 1. The van der Waals surface area contributed by atoms with Gasteiger partial charge < -0.3 is 9.64 Å². The van der Waals surface area contributed by atoms with Crippen LogP contribution in [0, 0.1) is 11.7 Å². The van der Waals surface area contributed by atoms with E-state index in [1.54, 1.807) is 30.6 Å². The van der Waals surface area contributed by atoms with Crippen LogP contribution in [0.5, 0.6) is 5.88 Å². The molecule has 4 rings (SSSR count). The van der Waals surface area contributed by atoms with E-state index in [2.05, 4.69) is 21.9 Å². The largest absolute Gasteiger partial charge is 0.475 e. The average molecular weight is 370 g/mol. The minimum Gasteiger partial charge on any atom is -0.475 e.